The Morgan fingerprint density at radius 2 is 1.94 bits per heavy atom. The molecule has 16 heavy (non-hydrogen) atoms. The summed E-state index contributed by atoms with van der Waals surface area (Å²) in [4.78, 5) is 2.77. The van der Waals surface area contributed by atoms with Crippen LogP contribution in [0.25, 0.3) is 0 Å². The zero-order valence-electron chi connectivity index (χ0n) is 11.0. The quantitative estimate of drug-likeness (QED) is 0.741. The molecule has 1 aliphatic carbocycles. The van der Waals surface area contributed by atoms with E-state index < -0.39 is 0 Å². The van der Waals surface area contributed by atoms with Crippen molar-refractivity contribution in [1.29, 1.82) is 0 Å². The Morgan fingerprint density at radius 1 is 1.12 bits per heavy atom. The average Bonchev–Trinajstić information content (AvgIpc) is 2.56. The van der Waals surface area contributed by atoms with Gasteiger partial charge < -0.3 is 5.32 Å². The van der Waals surface area contributed by atoms with Crippen molar-refractivity contribution in [2.75, 3.05) is 19.6 Å². The van der Waals surface area contributed by atoms with Gasteiger partial charge in [0.25, 0.3) is 0 Å². The number of likely N-dealkylation sites (N-methyl/N-ethyl adjacent to an activating group) is 1. The minimum absolute atomic E-state index is 0.762. The van der Waals surface area contributed by atoms with Crippen molar-refractivity contribution in [3.05, 3.63) is 0 Å². The van der Waals surface area contributed by atoms with E-state index in [-0.39, 0.29) is 0 Å². The Hall–Kier alpha value is -0.0800. The molecule has 3 unspecified atom stereocenters. The first-order valence-corrected chi connectivity index (χ1v) is 7.28. The molecule has 2 heteroatoms. The molecule has 0 aromatic heterocycles. The second-order valence-electron chi connectivity index (χ2n) is 5.76. The molecule has 2 rings (SSSR count). The van der Waals surface area contributed by atoms with Gasteiger partial charge in [-0.05, 0) is 38.3 Å². The highest BCUT2D eigenvalue weighted by Gasteiger charge is 2.31. The summed E-state index contributed by atoms with van der Waals surface area (Å²) in [6.07, 6.45) is 8.54. The maximum atomic E-state index is 3.72. The smallest absolute Gasteiger partial charge is 0.0249 e. The second-order valence-corrected chi connectivity index (χ2v) is 5.76. The van der Waals surface area contributed by atoms with E-state index in [0.29, 0.717) is 0 Å². The second kappa shape index (κ2) is 6.02. The molecule has 2 aliphatic rings. The van der Waals surface area contributed by atoms with Gasteiger partial charge in [0.2, 0.25) is 0 Å². The van der Waals surface area contributed by atoms with Gasteiger partial charge >= 0.3 is 0 Å². The Bertz CT molecular complexity index is 205. The minimum atomic E-state index is 0.762. The Labute approximate surface area is 101 Å². The Morgan fingerprint density at radius 3 is 2.62 bits per heavy atom. The van der Waals surface area contributed by atoms with E-state index in [2.05, 4.69) is 24.1 Å². The highest BCUT2D eigenvalue weighted by molar-refractivity contribution is 4.89. The fourth-order valence-electron chi connectivity index (χ4n) is 3.50. The third-order valence-electron chi connectivity index (χ3n) is 4.37. The summed E-state index contributed by atoms with van der Waals surface area (Å²) in [6, 6.07) is 1.59. The number of nitrogens with zero attached hydrogens (tertiary/aromatic N) is 1. The molecule has 1 saturated carbocycles. The first-order chi connectivity index (χ1) is 7.81. The maximum absolute atomic E-state index is 3.72. The summed E-state index contributed by atoms with van der Waals surface area (Å²) in [7, 11) is 0. The van der Waals surface area contributed by atoms with Crippen LogP contribution in [0.5, 0.6) is 0 Å². The highest BCUT2D eigenvalue weighted by Crippen LogP contribution is 2.27. The molecule has 3 atom stereocenters. The molecule has 0 radical (unpaired) electrons. The van der Waals surface area contributed by atoms with E-state index in [1.807, 2.05) is 0 Å². The van der Waals surface area contributed by atoms with Crippen molar-refractivity contribution in [3.8, 4) is 0 Å². The van der Waals surface area contributed by atoms with Crippen LogP contribution in [0.1, 0.15) is 52.4 Å². The predicted octanol–water partition coefficient (Wildman–Crippen LogP) is 2.64. The SMILES string of the molecule is CCNC1CCCCCC1N1CCC(C)C1. The number of rotatable bonds is 3. The third-order valence-corrected chi connectivity index (χ3v) is 4.37. The summed E-state index contributed by atoms with van der Waals surface area (Å²) >= 11 is 0. The molecule has 1 aliphatic heterocycles. The summed E-state index contributed by atoms with van der Waals surface area (Å²) in [6.45, 7) is 8.46. The topological polar surface area (TPSA) is 15.3 Å². The summed E-state index contributed by atoms with van der Waals surface area (Å²) in [5.41, 5.74) is 0. The number of nitrogens with one attached hydrogen (secondary N) is 1. The van der Waals surface area contributed by atoms with Crippen molar-refractivity contribution in [1.82, 2.24) is 10.2 Å². The molecule has 1 saturated heterocycles. The summed E-state index contributed by atoms with van der Waals surface area (Å²) in [5.74, 6) is 0.922. The standard InChI is InChI=1S/C14H28N2/c1-3-15-13-7-5-4-6-8-14(13)16-10-9-12(2)11-16/h12-15H,3-11H2,1-2H3. The summed E-state index contributed by atoms with van der Waals surface area (Å²) in [5, 5.41) is 3.72. The third kappa shape index (κ3) is 2.98. The lowest BCUT2D eigenvalue weighted by atomic mass is 10.0. The largest absolute Gasteiger partial charge is 0.313 e. The monoisotopic (exact) mass is 224 g/mol. The van der Waals surface area contributed by atoms with Crippen LogP contribution in [0.3, 0.4) is 0 Å². The van der Waals surface area contributed by atoms with Gasteiger partial charge in [0.15, 0.2) is 0 Å². The van der Waals surface area contributed by atoms with Crippen LogP contribution in [0.15, 0.2) is 0 Å². The van der Waals surface area contributed by atoms with Crippen LogP contribution < -0.4 is 5.32 Å². The number of likely N-dealkylation sites (tertiary alicyclic amines) is 1. The van der Waals surface area contributed by atoms with Gasteiger partial charge in [0.05, 0.1) is 0 Å². The molecular formula is C14H28N2. The van der Waals surface area contributed by atoms with E-state index in [1.54, 1.807) is 0 Å². The number of hydrogen-bond donors (Lipinski definition) is 1. The van der Waals surface area contributed by atoms with Gasteiger partial charge in [-0.3, -0.25) is 4.90 Å². The fraction of sp³-hybridized carbons (Fsp3) is 1.00. The van der Waals surface area contributed by atoms with Crippen LogP contribution >= 0.6 is 0 Å². The first kappa shape index (κ1) is 12.4. The van der Waals surface area contributed by atoms with E-state index in [1.165, 1.54) is 51.6 Å². The van der Waals surface area contributed by atoms with Gasteiger partial charge in [-0.25, -0.2) is 0 Å². The molecule has 2 fully saturated rings. The van der Waals surface area contributed by atoms with Crippen LogP contribution in [0.4, 0.5) is 0 Å². The van der Waals surface area contributed by atoms with Crippen molar-refractivity contribution in [3.63, 3.8) is 0 Å². The lowest BCUT2D eigenvalue weighted by Crippen LogP contribution is -2.48. The van der Waals surface area contributed by atoms with E-state index in [9.17, 15) is 0 Å². The van der Waals surface area contributed by atoms with Gasteiger partial charge in [-0.1, -0.05) is 33.1 Å². The number of hydrogen-bond acceptors (Lipinski definition) is 2. The maximum Gasteiger partial charge on any atom is 0.0249 e. The molecule has 0 amide bonds. The molecule has 1 N–H and O–H groups in total. The zero-order valence-corrected chi connectivity index (χ0v) is 11.0. The predicted molar refractivity (Wildman–Crippen MR) is 69.7 cm³/mol. The van der Waals surface area contributed by atoms with Gasteiger partial charge in [-0.2, -0.15) is 0 Å². The highest BCUT2D eigenvalue weighted by atomic mass is 15.2. The van der Waals surface area contributed by atoms with Crippen LogP contribution in [-0.2, 0) is 0 Å². The van der Waals surface area contributed by atoms with Crippen molar-refractivity contribution in [2.24, 2.45) is 5.92 Å². The molecule has 0 aromatic rings. The van der Waals surface area contributed by atoms with Crippen molar-refractivity contribution >= 4 is 0 Å². The Kier molecular flexibility index (Phi) is 4.66. The molecule has 2 nitrogen and oxygen atoms in total. The van der Waals surface area contributed by atoms with Gasteiger partial charge in [0, 0.05) is 18.6 Å². The molecule has 0 bridgehead atoms. The lowest BCUT2D eigenvalue weighted by Gasteiger charge is -2.34. The van der Waals surface area contributed by atoms with Gasteiger partial charge in [0.1, 0.15) is 0 Å². The van der Waals surface area contributed by atoms with Gasteiger partial charge in [-0.15, -0.1) is 0 Å². The Balaban J connectivity index is 1.96. The van der Waals surface area contributed by atoms with E-state index in [0.717, 1.165) is 24.5 Å². The van der Waals surface area contributed by atoms with Crippen LogP contribution in [0, 0.1) is 5.92 Å². The zero-order chi connectivity index (χ0) is 11.4. The average molecular weight is 224 g/mol. The van der Waals surface area contributed by atoms with Crippen molar-refractivity contribution < 1.29 is 0 Å². The van der Waals surface area contributed by atoms with E-state index >= 15 is 0 Å². The van der Waals surface area contributed by atoms with Crippen molar-refractivity contribution in [2.45, 2.75) is 64.5 Å². The van der Waals surface area contributed by atoms with Crippen LogP contribution in [-0.4, -0.2) is 36.6 Å². The first-order valence-electron chi connectivity index (χ1n) is 7.28. The molecule has 1 heterocycles. The normalized spacial score (nSPS) is 37.5. The molecular weight excluding hydrogens is 196 g/mol. The molecule has 0 aromatic carbocycles. The minimum Gasteiger partial charge on any atom is -0.313 e. The van der Waals surface area contributed by atoms with Crippen LogP contribution in [0.2, 0.25) is 0 Å². The summed E-state index contributed by atoms with van der Waals surface area (Å²) < 4.78 is 0. The fourth-order valence-corrected chi connectivity index (χ4v) is 3.50. The van der Waals surface area contributed by atoms with E-state index in [4.69, 9.17) is 0 Å². The molecule has 94 valence electrons. The molecule has 0 spiro atoms. The lowest BCUT2D eigenvalue weighted by molar-refractivity contribution is 0.177.